The van der Waals surface area contributed by atoms with E-state index in [1.165, 1.54) is 6.92 Å². The van der Waals surface area contributed by atoms with E-state index >= 15 is 0 Å². The zero-order valence-corrected chi connectivity index (χ0v) is 14.9. The molecule has 0 aliphatic carbocycles. The van der Waals surface area contributed by atoms with Crippen molar-refractivity contribution in [1.29, 1.82) is 0 Å². The van der Waals surface area contributed by atoms with Gasteiger partial charge in [0.1, 0.15) is 0 Å². The second-order valence-corrected chi connectivity index (χ2v) is 7.07. The van der Waals surface area contributed by atoms with Crippen LogP contribution in [0.4, 0.5) is 5.69 Å². The van der Waals surface area contributed by atoms with Gasteiger partial charge in [0.15, 0.2) is 0 Å². The molecule has 0 aliphatic heterocycles. The van der Waals surface area contributed by atoms with Gasteiger partial charge in [0.2, 0.25) is 11.8 Å². The van der Waals surface area contributed by atoms with Crippen LogP contribution in [0.1, 0.15) is 30.0 Å². The van der Waals surface area contributed by atoms with Crippen LogP contribution in [0.3, 0.4) is 0 Å². The Hall–Kier alpha value is -2.73. The van der Waals surface area contributed by atoms with Crippen LogP contribution < -0.4 is 10.6 Å². The number of fused-ring (bicyclic) bond motifs is 1. The summed E-state index contributed by atoms with van der Waals surface area (Å²) < 4.78 is 1.04. The number of rotatable bonds is 5. The van der Waals surface area contributed by atoms with Gasteiger partial charge in [-0.2, -0.15) is 0 Å². The van der Waals surface area contributed by atoms with Gasteiger partial charge >= 0.3 is 0 Å². The van der Waals surface area contributed by atoms with E-state index in [2.05, 4.69) is 15.6 Å². The van der Waals surface area contributed by atoms with Gasteiger partial charge in [-0.25, -0.2) is 4.98 Å². The molecule has 5 nitrogen and oxygen atoms in total. The van der Waals surface area contributed by atoms with E-state index in [1.54, 1.807) is 11.3 Å². The average molecular weight is 353 g/mol. The van der Waals surface area contributed by atoms with Crippen LogP contribution in [-0.2, 0) is 9.59 Å². The number of amides is 2. The van der Waals surface area contributed by atoms with Crippen LogP contribution in [0.25, 0.3) is 10.2 Å². The van der Waals surface area contributed by atoms with E-state index in [0.717, 1.165) is 26.5 Å². The SMILES string of the molecule is CC(=O)N[C@@H](CC(=O)Nc1ccc2nc(C)sc2c1)c1ccccc1. The normalized spacial score (nSPS) is 11.9. The first kappa shape index (κ1) is 17.1. The van der Waals surface area contributed by atoms with Crippen LogP contribution in [0.5, 0.6) is 0 Å². The number of benzene rings is 2. The number of carbonyl (C=O) groups excluding carboxylic acids is 2. The molecule has 1 heterocycles. The fraction of sp³-hybridized carbons (Fsp3) is 0.211. The molecule has 0 bridgehead atoms. The number of anilines is 1. The van der Waals surface area contributed by atoms with E-state index in [1.807, 2.05) is 55.5 Å². The summed E-state index contributed by atoms with van der Waals surface area (Å²) in [6.07, 6.45) is 0.170. The first-order valence-corrected chi connectivity index (χ1v) is 8.82. The van der Waals surface area contributed by atoms with E-state index < -0.39 is 0 Å². The summed E-state index contributed by atoms with van der Waals surface area (Å²) in [5.74, 6) is -0.314. The minimum atomic E-state index is -0.354. The molecule has 0 radical (unpaired) electrons. The molecule has 2 aromatic carbocycles. The molecule has 0 spiro atoms. The number of hydrogen-bond acceptors (Lipinski definition) is 4. The summed E-state index contributed by atoms with van der Waals surface area (Å²) in [5, 5.41) is 6.74. The molecule has 3 aromatic rings. The van der Waals surface area contributed by atoms with Crippen molar-refractivity contribution in [3.63, 3.8) is 0 Å². The molecule has 128 valence electrons. The predicted molar refractivity (Wildman–Crippen MR) is 101 cm³/mol. The van der Waals surface area contributed by atoms with E-state index in [-0.39, 0.29) is 24.3 Å². The maximum Gasteiger partial charge on any atom is 0.226 e. The molecule has 0 saturated carbocycles. The molecule has 25 heavy (non-hydrogen) atoms. The number of hydrogen-bond donors (Lipinski definition) is 2. The summed E-state index contributed by atoms with van der Waals surface area (Å²) in [6, 6.07) is 14.8. The van der Waals surface area contributed by atoms with E-state index in [0.29, 0.717) is 0 Å². The molecule has 1 aromatic heterocycles. The van der Waals surface area contributed by atoms with Crippen LogP contribution >= 0.6 is 11.3 Å². The molecule has 0 unspecified atom stereocenters. The van der Waals surface area contributed by atoms with Crippen molar-refractivity contribution < 1.29 is 9.59 Å². The van der Waals surface area contributed by atoms with Gasteiger partial charge in [-0.1, -0.05) is 30.3 Å². The monoisotopic (exact) mass is 353 g/mol. The van der Waals surface area contributed by atoms with Crippen LogP contribution in [0.15, 0.2) is 48.5 Å². The molecular formula is C19H19N3O2S. The van der Waals surface area contributed by atoms with Gasteiger partial charge in [-0.15, -0.1) is 11.3 Å². The standard InChI is InChI=1S/C19H19N3O2S/c1-12(23)20-17(14-6-4-3-5-7-14)11-19(24)22-15-8-9-16-18(10-15)25-13(2)21-16/h3-10,17H,11H2,1-2H3,(H,20,23)(H,22,24)/t17-/m0/s1. The lowest BCUT2D eigenvalue weighted by Crippen LogP contribution is -2.29. The predicted octanol–water partition coefficient (Wildman–Crippen LogP) is 3.81. The smallest absolute Gasteiger partial charge is 0.226 e. The second kappa shape index (κ2) is 7.44. The van der Waals surface area contributed by atoms with E-state index in [9.17, 15) is 9.59 Å². The Kier molecular flexibility index (Phi) is 5.09. The van der Waals surface area contributed by atoms with Gasteiger partial charge in [0.25, 0.3) is 0 Å². The lowest BCUT2D eigenvalue weighted by molar-refractivity contribution is -0.120. The first-order chi connectivity index (χ1) is 12.0. The highest BCUT2D eigenvalue weighted by Gasteiger charge is 2.17. The largest absolute Gasteiger partial charge is 0.349 e. The van der Waals surface area contributed by atoms with Gasteiger partial charge in [0.05, 0.1) is 27.7 Å². The lowest BCUT2D eigenvalue weighted by Gasteiger charge is -2.18. The second-order valence-electron chi connectivity index (χ2n) is 5.83. The quantitative estimate of drug-likeness (QED) is 0.733. The molecule has 6 heteroatoms. The molecule has 0 aliphatic rings. The topological polar surface area (TPSA) is 71.1 Å². The van der Waals surface area contributed by atoms with Crippen molar-refractivity contribution >= 4 is 39.1 Å². The number of nitrogens with zero attached hydrogens (tertiary/aromatic N) is 1. The highest BCUT2D eigenvalue weighted by molar-refractivity contribution is 7.18. The number of aromatic nitrogens is 1. The van der Waals surface area contributed by atoms with Crippen molar-refractivity contribution in [2.75, 3.05) is 5.32 Å². The average Bonchev–Trinajstić information content (AvgIpc) is 2.94. The highest BCUT2D eigenvalue weighted by Crippen LogP contribution is 2.25. The molecule has 3 rings (SSSR count). The van der Waals surface area contributed by atoms with Crippen molar-refractivity contribution in [3.05, 3.63) is 59.1 Å². The van der Waals surface area contributed by atoms with Crippen LogP contribution in [0.2, 0.25) is 0 Å². The molecular weight excluding hydrogens is 334 g/mol. The summed E-state index contributed by atoms with van der Waals surface area (Å²) >= 11 is 1.59. The van der Waals surface area contributed by atoms with Crippen molar-refractivity contribution in [2.45, 2.75) is 26.3 Å². The third-order valence-electron chi connectivity index (χ3n) is 3.75. The zero-order chi connectivity index (χ0) is 17.8. The number of carbonyl (C=O) groups is 2. The lowest BCUT2D eigenvalue weighted by atomic mass is 10.0. The highest BCUT2D eigenvalue weighted by atomic mass is 32.1. The van der Waals surface area contributed by atoms with Gasteiger partial charge < -0.3 is 10.6 Å². The summed E-state index contributed by atoms with van der Waals surface area (Å²) in [5.41, 5.74) is 2.57. The third kappa shape index (κ3) is 4.42. The maximum atomic E-state index is 12.4. The summed E-state index contributed by atoms with van der Waals surface area (Å²) in [7, 11) is 0. The summed E-state index contributed by atoms with van der Waals surface area (Å²) in [6.45, 7) is 3.41. The van der Waals surface area contributed by atoms with E-state index in [4.69, 9.17) is 0 Å². The fourth-order valence-electron chi connectivity index (χ4n) is 2.70. The minimum absolute atomic E-state index is 0.150. The van der Waals surface area contributed by atoms with Crippen molar-refractivity contribution in [2.24, 2.45) is 0 Å². The Morgan fingerprint density at radius 3 is 2.64 bits per heavy atom. The van der Waals surface area contributed by atoms with Gasteiger partial charge in [0, 0.05) is 12.6 Å². The number of nitrogens with one attached hydrogen (secondary N) is 2. The zero-order valence-electron chi connectivity index (χ0n) is 14.1. The van der Waals surface area contributed by atoms with Gasteiger partial charge in [-0.3, -0.25) is 9.59 Å². The fourth-order valence-corrected chi connectivity index (χ4v) is 3.56. The minimum Gasteiger partial charge on any atom is -0.349 e. The molecule has 0 fully saturated rings. The Bertz CT molecular complexity index is 905. The van der Waals surface area contributed by atoms with Crippen LogP contribution in [0, 0.1) is 6.92 Å². The molecule has 1 atom stereocenters. The molecule has 2 N–H and O–H groups in total. The van der Waals surface area contributed by atoms with Crippen molar-refractivity contribution in [1.82, 2.24) is 10.3 Å². The Labute approximate surface area is 150 Å². The third-order valence-corrected chi connectivity index (χ3v) is 4.68. The Morgan fingerprint density at radius 2 is 1.92 bits per heavy atom. The van der Waals surface area contributed by atoms with Crippen LogP contribution in [-0.4, -0.2) is 16.8 Å². The van der Waals surface area contributed by atoms with Gasteiger partial charge in [-0.05, 0) is 30.7 Å². The molecule has 0 saturated heterocycles. The number of aryl methyl sites for hydroxylation is 1. The number of thiazole rings is 1. The maximum absolute atomic E-state index is 12.4. The molecule has 2 amide bonds. The first-order valence-electron chi connectivity index (χ1n) is 8.00. The summed E-state index contributed by atoms with van der Waals surface area (Å²) in [4.78, 5) is 28.3. The Balaban J connectivity index is 1.72. The van der Waals surface area contributed by atoms with Crippen molar-refractivity contribution in [3.8, 4) is 0 Å². The Morgan fingerprint density at radius 1 is 1.16 bits per heavy atom.